The smallest absolute Gasteiger partial charge is 0.238 e. The summed E-state index contributed by atoms with van der Waals surface area (Å²) in [6.45, 7) is 4.94. The Bertz CT molecular complexity index is 415. The van der Waals surface area contributed by atoms with Gasteiger partial charge in [0.25, 0.3) is 0 Å². The lowest BCUT2D eigenvalue weighted by Gasteiger charge is -2.35. The van der Waals surface area contributed by atoms with Crippen LogP contribution in [0.5, 0.6) is 5.75 Å². The predicted octanol–water partition coefficient (Wildman–Crippen LogP) is 0.927. The number of ether oxygens (including phenoxy) is 1. The fourth-order valence-electron chi connectivity index (χ4n) is 1.94. The van der Waals surface area contributed by atoms with E-state index < -0.39 is 0 Å². The summed E-state index contributed by atoms with van der Waals surface area (Å²) >= 11 is 0. The predicted molar refractivity (Wildman–Crippen MR) is 75.5 cm³/mol. The second kappa shape index (κ2) is 6.54. The fourth-order valence-corrected chi connectivity index (χ4v) is 1.94. The van der Waals surface area contributed by atoms with E-state index in [0.29, 0.717) is 19.2 Å². The van der Waals surface area contributed by atoms with Gasteiger partial charge in [-0.3, -0.25) is 9.69 Å². The standard InChI is InChI=1S/C14H21N3O2/c1-3-19-13-6-4-11(5-7-13)16-14(18)10-17(2)12-8-15-9-12/h4-7,12,15H,3,8-10H2,1-2H3,(H,16,18). The Kier molecular flexibility index (Phi) is 4.76. The SMILES string of the molecule is CCOc1ccc(NC(=O)CN(C)C2CNC2)cc1. The zero-order valence-electron chi connectivity index (χ0n) is 11.5. The van der Waals surface area contributed by atoms with Crippen LogP contribution < -0.4 is 15.4 Å². The van der Waals surface area contributed by atoms with Gasteiger partial charge >= 0.3 is 0 Å². The molecule has 0 aliphatic carbocycles. The van der Waals surface area contributed by atoms with Crippen molar-refractivity contribution in [1.29, 1.82) is 0 Å². The van der Waals surface area contributed by atoms with Crippen LogP contribution in [0.15, 0.2) is 24.3 Å². The van der Waals surface area contributed by atoms with Gasteiger partial charge in [0.05, 0.1) is 13.2 Å². The fraction of sp³-hybridized carbons (Fsp3) is 0.500. The molecule has 5 heteroatoms. The van der Waals surface area contributed by atoms with E-state index in [9.17, 15) is 4.79 Å². The third-order valence-corrected chi connectivity index (χ3v) is 3.23. The van der Waals surface area contributed by atoms with Crippen molar-refractivity contribution < 1.29 is 9.53 Å². The Balaban J connectivity index is 1.80. The molecule has 0 radical (unpaired) electrons. The van der Waals surface area contributed by atoms with Gasteiger partial charge in [0.2, 0.25) is 5.91 Å². The molecule has 1 aromatic rings. The molecule has 0 atom stereocenters. The van der Waals surface area contributed by atoms with Gasteiger partial charge in [0.15, 0.2) is 0 Å². The first-order chi connectivity index (χ1) is 9.19. The molecule has 104 valence electrons. The number of rotatable bonds is 6. The van der Waals surface area contributed by atoms with Gasteiger partial charge in [-0.05, 0) is 38.2 Å². The summed E-state index contributed by atoms with van der Waals surface area (Å²) in [6.07, 6.45) is 0. The molecule has 1 amide bonds. The molecule has 1 fully saturated rings. The number of nitrogens with zero attached hydrogens (tertiary/aromatic N) is 1. The Labute approximate surface area is 113 Å². The molecular weight excluding hydrogens is 242 g/mol. The first kappa shape index (κ1) is 13.8. The quantitative estimate of drug-likeness (QED) is 0.801. The molecule has 0 unspecified atom stereocenters. The second-order valence-corrected chi connectivity index (χ2v) is 4.73. The summed E-state index contributed by atoms with van der Waals surface area (Å²) in [5.41, 5.74) is 0.800. The van der Waals surface area contributed by atoms with Crippen molar-refractivity contribution >= 4 is 11.6 Å². The molecule has 2 rings (SSSR count). The van der Waals surface area contributed by atoms with Crippen LogP contribution in [0.25, 0.3) is 0 Å². The van der Waals surface area contributed by atoms with E-state index in [1.165, 1.54) is 0 Å². The highest BCUT2D eigenvalue weighted by atomic mass is 16.5. The zero-order valence-corrected chi connectivity index (χ0v) is 11.5. The van der Waals surface area contributed by atoms with Gasteiger partial charge in [-0.1, -0.05) is 0 Å². The van der Waals surface area contributed by atoms with Crippen LogP contribution in [0, 0.1) is 0 Å². The number of carbonyl (C=O) groups excluding carboxylic acids is 1. The van der Waals surface area contributed by atoms with Gasteiger partial charge in [-0.25, -0.2) is 0 Å². The average molecular weight is 263 g/mol. The molecule has 1 aromatic carbocycles. The number of anilines is 1. The Morgan fingerprint density at radius 3 is 2.63 bits per heavy atom. The number of hydrogen-bond acceptors (Lipinski definition) is 4. The second-order valence-electron chi connectivity index (χ2n) is 4.73. The molecule has 0 saturated carbocycles. The molecule has 0 bridgehead atoms. The topological polar surface area (TPSA) is 53.6 Å². The number of likely N-dealkylation sites (N-methyl/N-ethyl adjacent to an activating group) is 1. The number of carbonyl (C=O) groups is 1. The van der Waals surface area contributed by atoms with Crippen molar-refractivity contribution in [2.45, 2.75) is 13.0 Å². The Morgan fingerprint density at radius 1 is 1.42 bits per heavy atom. The molecule has 1 aliphatic heterocycles. The van der Waals surface area contributed by atoms with E-state index >= 15 is 0 Å². The van der Waals surface area contributed by atoms with Crippen LogP contribution >= 0.6 is 0 Å². The molecule has 1 aliphatic rings. The van der Waals surface area contributed by atoms with E-state index in [2.05, 4.69) is 15.5 Å². The summed E-state index contributed by atoms with van der Waals surface area (Å²) in [4.78, 5) is 13.9. The van der Waals surface area contributed by atoms with Crippen molar-refractivity contribution in [3.63, 3.8) is 0 Å². The molecule has 1 heterocycles. The number of amides is 1. The first-order valence-corrected chi connectivity index (χ1v) is 6.62. The lowest BCUT2D eigenvalue weighted by molar-refractivity contribution is -0.117. The van der Waals surface area contributed by atoms with Crippen LogP contribution in [0.1, 0.15) is 6.92 Å². The summed E-state index contributed by atoms with van der Waals surface area (Å²) < 4.78 is 5.36. The Morgan fingerprint density at radius 2 is 2.11 bits per heavy atom. The van der Waals surface area contributed by atoms with Gasteiger partial charge in [0, 0.05) is 24.8 Å². The summed E-state index contributed by atoms with van der Waals surface area (Å²) in [5.74, 6) is 0.830. The molecule has 0 aromatic heterocycles. The molecule has 5 nitrogen and oxygen atoms in total. The normalized spacial score (nSPS) is 15.1. The van der Waals surface area contributed by atoms with Crippen LogP contribution in [0.2, 0.25) is 0 Å². The largest absolute Gasteiger partial charge is 0.494 e. The van der Waals surface area contributed by atoms with Crippen molar-refractivity contribution in [2.24, 2.45) is 0 Å². The van der Waals surface area contributed by atoms with Gasteiger partial charge in [0.1, 0.15) is 5.75 Å². The molecule has 2 N–H and O–H groups in total. The van der Waals surface area contributed by atoms with Gasteiger partial charge in [-0.2, -0.15) is 0 Å². The Hall–Kier alpha value is -1.59. The van der Waals surface area contributed by atoms with Gasteiger partial charge < -0.3 is 15.4 Å². The maximum Gasteiger partial charge on any atom is 0.238 e. The molecule has 19 heavy (non-hydrogen) atoms. The molecular formula is C14H21N3O2. The average Bonchev–Trinajstić information content (AvgIpc) is 2.29. The van der Waals surface area contributed by atoms with E-state index in [1.807, 2.05) is 38.2 Å². The van der Waals surface area contributed by atoms with Crippen LogP contribution in [0.3, 0.4) is 0 Å². The molecule has 0 spiro atoms. The van der Waals surface area contributed by atoms with Crippen molar-refractivity contribution in [2.75, 3.05) is 38.6 Å². The minimum absolute atomic E-state index is 0.0126. The highest BCUT2D eigenvalue weighted by Gasteiger charge is 2.22. The minimum Gasteiger partial charge on any atom is -0.494 e. The first-order valence-electron chi connectivity index (χ1n) is 6.62. The monoisotopic (exact) mass is 263 g/mol. The van der Waals surface area contributed by atoms with E-state index in [1.54, 1.807) is 0 Å². The zero-order chi connectivity index (χ0) is 13.7. The van der Waals surface area contributed by atoms with Gasteiger partial charge in [-0.15, -0.1) is 0 Å². The maximum atomic E-state index is 11.9. The third kappa shape index (κ3) is 3.94. The van der Waals surface area contributed by atoms with E-state index in [-0.39, 0.29) is 5.91 Å². The summed E-state index contributed by atoms with van der Waals surface area (Å²) in [7, 11) is 1.98. The van der Waals surface area contributed by atoms with Crippen molar-refractivity contribution in [3.8, 4) is 5.75 Å². The van der Waals surface area contributed by atoms with E-state index in [0.717, 1.165) is 24.5 Å². The summed E-state index contributed by atoms with van der Waals surface area (Å²) in [6, 6.07) is 7.91. The highest BCUT2D eigenvalue weighted by molar-refractivity contribution is 5.92. The lowest BCUT2D eigenvalue weighted by Crippen LogP contribution is -2.57. The summed E-state index contributed by atoms with van der Waals surface area (Å²) in [5, 5.41) is 6.08. The van der Waals surface area contributed by atoms with Crippen LogP contribution in [0.4, 0.5) is 5.69 Å². The number of nitrogens with one attached hydrogen (secondary N) is 2. The number of benzene rings is 1. The third-order valence-electron chi connectivity index (χ3n) is 3.23. The van der Waals surface area contributed by atoms with Crippen molar-refractivity contribution in [1.82, 2.24) is 10.2 Å². The number of hydrogen-bond donors (Lipinski definition) is 2. The highest BCUT2D eigenvalue weighted by Crippen LogP contribution is 2.15. The minimum atomic E-state index is 0.0126. The lowest BCUT2D eigenvalue weighted by atomic mass is 10.1. The van der Waals surface area contributed by atoms with E-state index in [4.69, 9.17) is 4.74 Å². The van der Waals surface area contributed by atoms with Crippen LogP contribution in [-0.4, -0.2) is 50.1 Å². The van der Waals surface area contributed by atoms with Crippen molar-refractivity contribution in [3.05, 3.63) is 24.3 Å². The molecule has 1 saturated heterocycles. The maximum absolute atomic E-state index is 11.9. The van der Waals surface area contributed by atoms with Crippen LogP contribution in [-0.2, 0) is 4.79 Å².